The van der Waals surface area contributed by atoms with Crippen LogP contribution < -0.4 is 9.47 Å². The molecule has 1 aromatic heterocycles. The Morgan fingerprint density at radius 2 is 2.10 bits per heavy atom. The van der Waals surface area contributed by atoms with Gasteiger partial charge in [0, 0.05) is 11.5 Å². The van der Waals surface area contributed by atoms with E-state index in [1.165, 1.54) is 13.2 Å². The van der Waals surface area contributed by atoms with Gasteiger partial charge in [-0.2, -0.15) is 14.9 Å². The average molecular weight is 435 g/mol. The lowest BCUT2D eigenvalue weighted by molar-refractivity contribution is 0.280. The first-order valence-electron chi connectivity index (χ1n) is 8.86. The van der Waals surface area contributed by atoms with Crippen LogP contribution in [0.5, 0.6) is 11.5 Å². The van der Waals surface area contributed by atoms with Gasteiger partial charge in [-0.05, 0) is 48.1 Å². The summed E-state index contributed by atoms with van der Waals surface area (Å²) < 4.78 is 27.0. The summed E-state index contributed by atoms with van der Waals surface area (Å²) in [6.45, 7) is 4.00. The Balaban J connectivity index is 1.81. The molecule has 0 radical (unpaired) electrons. The molecule has 0 spiro atoms. The molecule has 152 valence electrons. The minimum absolute atomic E-state index is 0.0166. The van der Waals surface area contributed by atoms with Crippen molar-refractivity contribution in [1.29, 1.82) is 0 Å². The Morgan fingerprint density at radius 1 is 1.31 bits per heavy atom. The first kappa shape index (κ1) is 21.0. The Bertz CT molecular complexity index is 1070. The fraction of sp³-hybridized carbons (Fsp3) is 0.250. The topological polar surface area (TPSA) is 64.4 Å². The van der Waals surface area contributed by atoms with E-state index in [1.807, 2.05) is 19.9 Å². The molecular weight excluding hydrogens is 415 g/mol. The Kier molecular flexibility index (Phi) is 6.66. The smallest absolute Gasteiger partial charge is 0.216 e. The third-order valence-electron chi connectivity index (χ3n) is 4.14. The van der Waals surface area contributed by atoms with Crippen LogP contribution >= 0.6 is 23.8 Å². The van der Waals surface area contributed by atoms with Crippen molar-refractivity contribution in [3.8, 4) is 11.5 Å². The molecule has 0 aliphatic rings. The van der Waals surface area contributed by atoms with Gasteiger partial charge in [0.2, 0.25) is 4.77 Å². The fourth-order valence-corrected chi connectivity index (χ4v) is 3.02. The highest BCUT2D eigenvalue weighted by Crippen LogP contribution is 2.30. The molecule has 9 heteroatoms. The van der Waals surface area contributed by atoms with Crippen molar-refractivity contribution in [2.45, 2.75) is 26.4 Å². The van der Waals surface area contributed by atoms with E-state index in [4.69, 9.17) is 33.3 Å². The maximum atomic E-state index is 13.9. The second kappa shape index (κ2) is 9.19. The van der Waals surface area contributed by atoms with Gasteiger partial charge in [-0.15, -0.1) is 0 Å². The molecule has 0 aliphatic carbocycles. The second-order valence-electron chi connectivity index (χ2n) is 6.50. The molecule has 0 atom stereocenters. The fourth-order valence-electron chi connectivity index (χ4n) is 2.62. The van der Waals surface area contributed by atoms with Crippen molar-refractivity contribution in [2.24, 2.45) is 5.10 Å². The molecule has 0 amide bonds. The maximum absolute atomic E-state index is 13.9. The van der Waals surface area contributed by atoms with Gasteiger partial charge < -0.3 is 9.47 Å². The lowest BCUT2D eigenvalue weighted by Gasteiger charge is -2.12. The van der Waals surface area contributed by atoms with Gasteiger partial charge in [0.25, 0.3) is 0 Å². The normalized spacial score (nSPS) is 11.4. The van der Waals surface area contributed by atoms with E-state index in [0.717, 1.165) is 11.4 Å². The summed E-state index contributed by atoms with van der Waals surface area (Å²) in [6.07, 6.45) is 1.65. The number of methoxy groups -OCH3 is 1. The summed E-state index contributed by atoms with van der Waals surface area (Å²) in [5, 5.41) is 11.7. The van der Waals surface area contributed by atoms with Crippen molar-refractivity contribution in [3.05, 3.63) is 69.0 Å². The number of nitrogens with one attached hydrogen (secondary N) is 1. The zero-order chi connectivity index (χ0) is 21.0. The summed E-state index contributed by atoms with van der Waals surface area (Å²) in [4.78, 5) is 0. The van der Waals surface area contributed by atoms with E-state index in [0.29, 0.717) is 21.3 Å². The number of H-pyrrole nitrogens is 1. The molecule has 0 aliphatic heterocycles. The minimum atomic E-state index is -0.418. The number of nitrogens with zero attached hydrogens (tertiary/aromatic N) is 3. The number of halogens is 2. The summed E-state index contributed by atoms with van der Waals surface area (Å²) in [5.74, 6) is 1.43. The molecule has 3 aromatic rings. The van der Waals surface area contributed by atoms with Crippen molar-refractivity contribution in [3.63, 3.8) is 0 Å². The van der Waals surface area contributed by atoms with E-state index < -0.39 is 5.82 Å². The van der Waals surface area contributed by atoms with Crippen molar-refractivity contribution < 1.29 is 13.9 Å². The number of ether oxygens (including phenoxy) is 2. The van der Waals surface area contributed by atoms with Crippen LogP contribution in [0.25, 0.3) is 0 Å². The predicted octanol–water partition coefficient (Wildman–Crippen LogP) is 5.33. The first-order valence-corrected chi connectivity index (χ1v) is 9.64. The molecule has 3 rings (SSSR count). The summed E-state index contributed by atoms with van der Waals surface area (Å²) in [7, 11) is 1.53. The van der Waals surface area contributed by atoms with Crippen LogP contribution in [0.3, 0.4) is 0 Å². The van der Waals surface area contributed by atoms with Gasteiger partial charge in [0.1, 0.15) is 12.4 Å². The highest BCUT2D eigenvalue weighted by atomic mass is 35.5. The highest BCUT2D eigenvalue weighted by Gasteiger charge is 2.11. The number of hydrogen-bond acceptors (Lipinski definition) is 5. The van der Waals surface area contributed by atoms with Crippen LogP contribution in [-0.2, 0) is 6.61 Å². The zero-order valence-electron chi connectivity index (χ0n) is 16.1. The lowest BCUT2D eigenvalue weighted by atomic mass is 10.2. The van der Waals surface area contributed by atoms with Crippen molar-refractivity contribution in [1.82, 2.24) is 14.9 Å². The number of hydrogen-bond donors (Lipinski definition) is 1. The molecule has 0 fully saturated rings. The molecule has 1 N–H and O–H groups in total. The standard InChI is InChI=1S/C20H20ClFN4O2S/c1-12(2)19-24-25-20(29)26(19)23-10-13-7-8-17(18(9-13)27-3)28-11-14-15(21)5-4-6-16(14)22/h4-10,12H,11H2,1-3H3,(H,25,29)/b23-10-. The number of aromatic amines is 1. The van der Waals surface area contributed by atoms with Crippen LogP contribution in [0, 0.1) is 10.6 Å². The third-order valence-corrected chi connectivity index (χ3v) is 4.75. The summed E-state index contributed by atoms with van der Waals surface area (Å²) in [5.41, 5.74) is 1.06. The van der Waals surface area contributed by atoms with Crippen LogP contribution in [0.15, 0.2) is 41.5 Å². The highest BCUT2D eigenvalue weighted by molar-refractivity contribution is 7.71. The van der Waals surface area contributed by atoms with Gasteiger partial charge >= 0.3 is 0 Å². The molecular formula is C20H20ClFN4O2S. The van der Waals surface area contributed by atoms with Crippen LogP contribution in [0.4, 0.5) is 4.39 Å². The van der Waals surface area contributed by atoms with E-state index in [2.05, 4.69) is 15.3 Å². The largest absolute Gasteiger partial charge is 0.493 e. The predicted molar refractivity (Wildman–Crippen MR) is 113 cm³/mol. The van der Waals surface area contributed by atoms with E-state index in [9.17, 15) is 4.39 Å². The molecule has 29 heavy (non-hydrogen) atoms. The number of benzene rings is 2. The second-order valence-corrected chi connectivity index (χ2v) is 7.29. The molecule has 0 bridgehead atoms. The molecule has 6 nitrogen and oxygen atoms in total. The molecule has 2 aromatic carbocycles. The lowest BCUT2D eigenvalue weighted by Crippen LogP contribution is -2.02. The number of aromatic nitrogens is 3. The van der Waals surface area contributed by atoms with Gasteiger partial charge in [0.15, 0.2) is 17.3 Å². The average Bonchev–Trinajstić information content (AvgIpc) is 3.07. The van der Waals surface area contributed by atoms with E-state index >= 15 is 0 Å². The van der Waals surface area contributed by atoms with Gasteiger partial charge in [-0.3, -0.25) is 5.10 Å². The van der Waals surface area contributed by atoms with Crippen LogP contribution in [-0.4, -0.2) is 28.2 Å². The van der Waals surface area contributed by atoms with E-state index in [-0.39, 0.29) is 18.1 Å². The Labute approximate surface area is 177 Å². The summed E-state index contributed by atoms with van der Waals surface area (Å²) in [6, 6.07) is 9.81. The Morgan fingerprint density at radius 3 is 2.79 bits per heavy atom. The Hall–Kier alpha value is -2.71. The molecule has 0 unspecified atom stereocenters. The van der Waals surface area contributed by atoms with E-state index in [1.54, 1.807) is 35.2 Å². The molecule has 0 saturated carbocycles. The van der Waals surface area contributed by atoms with Crippen LogP contribution in [0.1, 0.15) is 36.7 Å². The number of rotatable bonds is 7. The van der Waals surface area contributed by atoms with Gasteiger partial charge in [-0.25, -0.2) is 4.39 Å². The van der Waals surface area contributed by atoms with Crippen LogP contribution in [0.2, 0.25) is 5.02 Å². The van der Waals surface area contributed by atoms with Gasteiger partial charge in [-0.1, -0.05) is 31.5 Å². The molecule has 1 heterocycles. The third kappa shape index (κ3) is 4.83. The monoisotopic (exact) mass is 434 g/mol. The zero-order valence-corrected chi connectivity index (χ0v) is 17.7. The minimum Gasteiger partial charge on any atom is -0.493 e. The quantitative estimate of drug-likeness (QED) is 0.403. The summed E-state index contributed by atoms with van der Waals surface area (Å²) >= 11 is 11.3. The van der Waals surface area contributed by atoms with Crippen molar-refractivity contribution >= 4 is 30.0 Å². The van der Waals surface area contributed by atoms with Crippen molar-refractivity contribution in [2.75, 3.05) is 7.11 Å². The SMILES string of the molecule is COc1cc(/C=N\n2c(C(C)C)n[nH]c2=S)ccc1OCc1c(F)cccc1Cl. The van der Waals surface area contributed by atoms with Gasteiger partial charge in [0.05, 0.1) is 18.3 Å². The molecule has 0 saturated heterocycles. The first-order chi connectivity index (χ1) is 13.9. The maximum Gasteiger partial charge on any atom is 0.216 e.